The molecule has 12 nitrogen and oxygen atoms in total. The average Bonchev–Trinajstić information content (AvgIpc) is 0.809. The quantitative estimate of drug-likeness (QED) is 0.0230. The number of rotatable bonds is 33. The van der Waals surface area contributed by atoms with Crippen LogP contribution in [0.3, 0.4) is 0 Å². The van der Waals surface area contributed by atoms with E-state index in [1.54, 1.807) is 24.3 Å². The average molecular weight is 1700 g/mol. The first-order valence-corrected chi connectivity index (χ1v) is 48.3. The minimum atomic E-state index is -0.277. The van der Waals surface area contributed by atoms with Gasteiger partial charge < -0.3 is 52.8 Å². The third-order valence-electron chi connectivity index (χ3n) is 25.3. The van der Waals surface area contributed by atoms with E-state index < -0.39 is 0 Å². The number of esters is 1. The van der Waals surface area contributed by atoms with Gasteiger partial charge in [0.25, 0.3) is 0 Å². The summed E-state index contributed by atoms with van der Waals surface area (Å²) < 4.78 is 53.7. The van der Waals surface area contributed by atoms with E-state index in [9.17, 15) is 4.79 Å². The third-order valence-corrected chi connectivity index (χ3v) is 25.3. The first-order valence-electron chi connectivity index (χ1n) is 48.3. The van der Waals surface area contributed by atoms with Crippen LogP contribution < -0.4 is 23.7 Å². The zero-order chi connectivity index (χ0) is 90.3. The molecule has 12 heteroatoms. The fourth-order valence-corrected chi connectivity index (χ4v) is 15.7. The van der Waals surface area contributed by atoms with Crippen LogP contribution in [0.15, 0.2) is 170 Å². The lowest BCUT2D eigenvalue weighted by atomic mass is 9.75. The molecule has 0 aliphatic heterocycles. The van der Waals surface area contributed by atoms with Crippen LogP contribution >= 0.6 is 0 Å². The van der Waals surface area contributed by atoms with Crippen molar-refractivity contribution in [2.24, 2.45) is 10.8 Å². The van der Waals surface area contributed by atoms with E-state index in [1.165, 1.54) is 187 Å². The molecule has 4 aliphatic rings. The lowest BCUT2D eigenvalue weighted by Gasteiger charge is -2.42. The lowest BCUT2D eigenvalue weighted by molar-refractivity contribution is -0.194. The topological polar surface area (TPSA) is 141 Å². The Kier molecular flexibility index (Phi) is 50.2. The maximum absolute atomic E-state index is 10.7. The molecule has 11 atom stereocenters. The van der Waals surface area contributed by atoms with Gasteiger partial charge in [-0.25, -0.2) is 0 Å². The molecule has 7 aromatic rings. The van der Waals surface area contributed by atoms with Gasteiger partial charge in [0.05, 0.1) is 24.4 Å². The fraction of sp³-hybridized carbons (Fsp3) is 0.613. The summed E-state index contributed by atoms with van der Waals surface area (Å²) in [6.07, 6.45) is 35.0. The molecule has 0 heterocycles. The molecule has 0 spiro atoms. The van der Waals surface area contributed by atoms with E-state index in [2.05, 4.69) is 210 Å². The second-order valence-electron chi connectivity index (χ2n) is 37.5. The number of phenolic OH excluding ortho intramolecular Hbond substituents is 2. The van der Waals surface area contributed by atoms with Crippen LogP contribution in [-0.2, 0) is 23.7 Å². The van der Waals surface area contributed by atoms with Crippen molar-refractivity contribution >= 4 is 5.97 Å². The Hall–Kier alpha value is -7.35. The largest absolute Gasteiger partial charge is 0.508 e. The zero-order valence-corrected chi connectivity index (χ0v) is 81.1. The van der Waals surface area contributed by atoms with Gasteiger partial charge in [0.15, 0.2) is 12.6 Å². The molecule has 4 saturated carbocycles. The summed E-state index contributed by atoms with van der Waals surface area (Å²) in [5.41, 5.74) is 9.72. The second-order valence-corrected chi connectivity index (χ2v) is 37.5. The van der Waals surface area contributed by atoms with Gasteiger partial charge in [-0.05, 0) is 295 Å². The van der Waals surface area contributed by atoms with E-state index in [-0.39, 0.29) is 48.1 Å². The molecule has 11 rings (SSSR count). The summed E-state index contributed by atoms with van der Waals surface area (Å²) in [7, 11) is 0. The van der Waals surface area contributed by atoms with Crippen LogP contribution in [0, 0.1) is 10.8 Å². The van der Waals surface area contributed by atoms with E-state index >= 15 is 0 Å². The molecule has 7 aromatic carbocycles. The van der Waals surface area contributed by atoms with Gasteiger partial charge in [-0.15, -0.1) is 0 Å². The Morgan fingerprint density at radius 3 is 0.894 bits per heavy atom. The molecule has 123 heavy (non-hydrogen) atoms. The van der Waals surface area contributed by atoms with Crippen LogP contribution in [0.1, 0.15) is 419 Å². The number of carbonyl (C=O) groups is 1. The lowest BCUT2D eigenvalue weighted by Crippen LogP contribution is -2.43. The van der Waals surface area contributed by atoms with Gasteiger partial charge in [-0.2, -0.15) is 0 Å². The number of carbonyl (C=O) groups excluding carboxylic acids is 1. The van der Waals surface area contributed by atoms with Crippen molar-refractivity contribution in [1.29, 1.82) is 0 Å². The van der Waals surface area contributed by atoms with E-state index in [0.29, 0.717) is 77.0 Å². The highest BCUT2D eigenvalue weighted by molar-refractivity contribution is 5.69. The third kappa shape index (κ3) is 42.2. The summed E-state index contributed by atoms with van der Waals surface area (Å²) in [4.78, 5) is 10.7. The summed E-state index contributed by atoms with van der Waals surface area (Å²) in [6, 6.07) is 56.6. The molecule has 2 N–H and O–H groups in total. The van der Waals surface area contributed by atoms with Crippen molar-refractivity contribution < 1.29 is 57.6 Å². The van der Waals surface area contributed by atoms with Crippen LogP contribution in [0.2, 0.25) is 0 Å². The van der Waals surface area contributed by atoms with Crippen molar-refractivity contribution in [2.75, 3.05) is 0 Å². The standard InChI is InChI=1S/C24H38O2.C22H36O2.C18H28O2.C15H24O2.C12H16O2.2C10H14O/c1-4-19(2)20-13-15-22(16-14-20)26-23(24(3)17-9-6-10-18-24)25-21-11-7-5-8-12-21;1-6-17(2)18-12-14-20(15-13-18)24-21(16-22(3,4)5)23-19-10-8-7-9-11-19;1-4-14(2)16-10-12-18(13-11-16)20-15(3)19-17-8-6-5-7-9-17;1-6-12(4)14-7-9-15(10-8-14)17-13(5)16-11(2)3;1-4-9(2)11-5-7-12(8-6-11)14-10(3)13;2*1-3-8(2)9-4-6-10(11)7-5-9/h13-16,19,21,23H,4-12,17-18H2,1-3H3;12-15,17,19,21H,6-11,16H2,1-5H3;10-15,17H,4-9H2,1-3H3;7-13H,6H2,1-5H3;5-9H,4H2,1-3H3;2*4-8,11H,3H2,1-2H3. The number of phenols is 2. The van der Waals surface area contributed by atoms with Gasteiger partial charge in [-0.1, -0.05) is 287 Å². The van der Waals surface area contributed by atoms with Crippen molar-refractivity contribution in [3.05, 3.63) is 209 Å². The molecule has 0 saturated heterocycles. The predicted octanol–water partition coefficient (Wildman–Crippen LogP) is 32.5. The van der Waals surface area contributed by atoms with Gasteiger partial charge in [0, 0.05) is 18.8 Å². The first kappa shape index (κ1) is 106. The van der Waals surface area contributed by atoms with E-state index in [4.69, 9.17) is 52.8 Å². The molecule has 11 unspecified atom stereocenters. The minimum Gasteiger partial charge on any atom is -0.508 e. The molecule has 0 bridgehead atoms. The van der Waals surface area contributed by atoms with Gasteiger partial charge in [-0.3, -0.25) is 4.79 Å². The highest BCUT2D eigenvalue weighted by Gasteiger charge is 2.40. The Bertz CT molecular complexity index is 3760. The molecule has 0 amide bonds. The van der Waals surface area contributed by atoms with Crippen molar-refractivity contribution in [2.45, 2.75) is 430 Å². The summed E-state index contributed by atoms with van der Waals surface area (Å²) in [5, 5.41) is 18.0. The van der Waals surface area contributed by atoms with Gasteiger partial charge in [0.1, 0.15) is 40.2 Å². The Balaban J connectivity index is 0.000000260. The van der Waals surface area contributed by atoms with Gasteiger partial charge >= 0.3 is 5.97 Å². The first-order chi connectivity index (χ1) is 58.8. The monoisotopic (exact) mass is 1700 g/mol. The molecule has 0 radical (unpaired) electrons. The van der Waals surface area contributed by atoms with Crippen LogP contribution in [-0.4, -0.2) is 65.8 Å². The van der Waals surface area contributed by atoms with Crippen LogP contribution in [0.4, 0.5) is 0 Å². The predicted molar refractivity (Wildman–Crippen MR) is 515 cm³/mol. The molecular formula is C111H170O12. The van der Waals surface area contributed by atoms with Crippen molar-refractivity contribution in [3.8, 4) is 40.2 Å². The second kappa shape index (κ2) is 58.1. The summed E-state index contributed by atoms with van der Waals surface area (Å²) in [6.45, 7) is 49.4. The van der Waals surface area contributed by atoms with Crippen LogP contribution in [0.5, 0.6) is 40.2 Å². The Labute approximate surface area is 749 Å². The Morgan fingerprint density at radius 2 is 0.602 bits per heavy atom. The summed E-state index contributed by atoms with van der Waals surface area (Å²) >= 11 is 0. The minimum absolute atomic E-state index is 0.111. The molecule has 0 aromatic heterocycles. The smallest absolute Gasteiger partial charge is 0.308 e. The maximum atomic E-state index is 10.7. The molecule has 4 fully saturated rings. The van der Waals surface area contributed by atoms with E-state index in [1.807, 2.05) is 88.4 Å². The van der Waals surface area contributed by atoms with Crippen molar-refractivity contribution in [1.82, 2.24) is 0 Å². The fourth-order valence-electron chi connectivity index (χ4n) is 15.7. The van der Waals surface area contributed by atoms with E-state index in [0.717, 1.165) is 61.5 Å². The highest BCUT2D eigenvalue weighted by Crippen LogP contribution is 2.43. The van der Waals surface area contributed by atoms with Gasteiger partial charge in [0.2, 0.25) is 12.6 Å². The number of benzene rings is 7. The van der Waals surface area contributed by atoms with Crippen LogP contribution in [0.25, 0.3) is 0 Å². The molecule has 4 aliphatic carbocycles. The number of hydrogen-bond acceptors (Lipinski definition) is 12. The number of aromatic hydroxyl groups is 2. The number of ether oxygens (including phenoxy) is 9. The molecule has 686 valence electrons. The zero-order valence-electron chi connectivity index (χ0n) is 81.1. The molecular weight excluding hydrogens is 1530 g/mol. The SMILES string of the molecule is CCC(C)c1ccc(O)cc1.CCC(C)c1ccc(O)cc1.CCC(C)c1ccc(OC(C)=O)cc1.CCC(C)c1ccc(OC(C)OC(C)C)cc1.CCC(C)c1ccc(OC(C)OC2CCCCC2)cc1.CCC(C)c1ccc(OC(CC(C)(C)C)OC2CCCCC2)cc1.CCC(C)c1ccc(OC(OC2CCCCC2)C2(C)CCCCC2)cc1. The Morgan fingerprint density at radius 1 is 0.341 bits per heavy atom. The van der Waals surface area contributed by atoms with Crippen molar-refractivity contribution in [3.63, 3.8) is 0 Å². The highest BCUT2D eigenvalue weighted by atomic mass is 16.7. The summed E-state index contributed by atoms with van der Waals surface area (Å²) in [5.74, 6) is 8.85. The normalized spacial score (nSPS) is 17.6. The maximum Gasteiger partial charge on any atom is 0.308 e. The number of hydrogen-bond donors (Lipinski definition) is 2.